The minimum Gasteiger partial charge on any atom is -0.338 e. The Hall–Kier alpha value is -2.88. The molecule has 2 heterocycles. The van der Waals surface area contributed by atoms with Crippen molar-refractivity contribution in [1.82, 2.24) is 10.2 Å². The molecule has 0 radical (unpaired) electrons. The van der Waals surface area contributed by atoms with E-state index in [9.17, 15) is 19.6 Å². The molecule has 3 aliphatic rings. The number of fused-ring (bicyclic) bond motifs is 3. The molecule has 7 nitrogen and oxygen atoms in total. The average molecular weight is 394 g/mol. The van der Waals surface area contributed by atoms with Gasteiger partial charge in [0.2, 0.25) is 11.8 Å². The Bertz CT molecular complexity index is 900. The monoisotopic (exact) mass is 394 g/mol. The molecular formula is C22H26N4O3. The van der Waals surface area contributed by atoms with Gasteiger partial charge in [0.1, 0.15) is 11.2 Å². The molecule has 0 bridgehead atoms. The van der Waals surface area contributed by atoms with Gasteiger partial charge in [0.05, 0.1) is 17.3 Å². The predicted octanol–water partition coefficient (Wildman–Crippen LogP) is 2.72. The zero-order chi connectivity index (χ0) is 20.6. The molecule has 1 aliphatic carbocycles. The molecule has 1 N–H and O–H groups in total. The lowest BCUT2D eigenvalue weighted by molar-refractivity contribution is -0.122. The largest absolute Gasteiger partial charge is 0.338 e. The molecule has 1 atom stereocenters. The molecule has 29 heavy (non-hydrogen) atoms. The highest BCUT2D eigenvalue weighted by Crippen LogP contribution is 2.44. The predicted molar refractivity (Wildman–Crippen MR) is 107 cm³/mol. The zero-order valence-corrected chi connectivity index (χ0v) is 16.7. The summed E-state index contributed by atoms with van der Waals surface area (Å²) in [6, 6.07) is 9.48. The first-order valence-electron chi connectivity index (χ1n) is 10.4. The Balaban J connectivity index is 1.46. The van der Waals surface area contributed by atoms with Crippen LogP contribution in [-0.4, -0.2) is 40.4 Å². The minimum absolute atomic E-state index is 0.0207. The van der Waals surface area contributed by atoms with Gasteiger partial charge >= 0.3 is 0 Å². The highest BCUT2D eigenvalue weighted by Gasteiger charge is 2.52. The summed E-state index contributed by atoms with van der Waals surface area (Å²) < 4.78 is 0. The number of hydrogen-bond acceptors (Lipinski definition) is 4. The van der Waals surface area contributed by atoms with E-state index >= 15 is 0 Å². The van der Waals surface area contributed by atoms with E-state index < -0.39 is 11.2 Å². The van der Waals surface area contributed by atoms with Crippen molar-refractivity contribution in [2.24, 2.45) is 0 Å². The fourth-order valence-corrected chi connectivity index (χ4v) is 5.01. The third-order valence-electron chi connectivity index (χ3n) is 6.58. The quantitative estimate of drug-likeness (QED) is 0.831. The van der Waals surface area contributed by atoms with Crippen LogP contribution in [0.15, 0.2) is 24.3 Å². The summed E-state index contributed by atoms with van der Waals surface area (Å²) in [7, 11) is 0. The van der Waals surface area contributed by atoms with Crippen molar-refractivity contribution in [2.75, 3.05) is 11.4 Å². The first-order chi connectivity index (χ1) is 13.9. The van der Waals surface area contributed by atoms with Crippen LogP contribution in [-0.2, 0) is 9.59 Å². The number of nitriles is 1. The van der Waals surface area contributed by atoms with Crippen molar-refractivity contribution < 1.29 is 14.4 Å². The van der Waals surface area contributed by atoms with Gasteiger partial charge in [-0.1, -0.05) is 12.1 Å². The van der Waals surface area contributed by atoms with E-state index in [0.717, 1.165) is 12.8 Å². The van der Waals surface area contributed by atoms with Crippen molar-refractivity contribution in [2.45, 2.75) is 69.5 Å². The molecule has 0 spiro atoms. The first-order valence-corrected chi connectivity index (χ1v) is 10.4. The number of anilines is 1. The van der Waals surface area contributed by atoms with Crippen LogP contribution in [0.4, 0.5) is 5.69 Å². The number of carbonyl (C=O) groups is 3. The minimum atomic E-state index is -0.725. The van der Waals surface area contributed by atoms with Gasteiger partial charge in [-0.05, 0) is 57.6 Å². The van der Waals surface area contributed by atoms with Crippen LogP contribution in [0.2, 0.25) is 0 Å². The number of amides is 3. The zero-order valence-electron chi connectivity index (χ0n) is 16.7. The summed E-state index contributed by atoms with van der Waals surface area (Å²) in [6.07, 6.45) is 5.03. The van der Waals surface area contributed by atoms with Crippen LogP contribution in [0, 0.1) is 11.3 Å². The van der Waals surface area contributed by atoms with Gasteiger partial charge in [-0.25, -0.2) is 0 Å². The maximum atomic E-state index is 13.2. The molecule has 1 aromatic rings. The van der Waals surface area contributed by atoms with Crippen molar-refractivity contribution in [1.29, 1.82) is 5.26 Å². The average Bonchev–Trinajstić information content (AvgIpc) is 3.30. The molecule has 7 heteroatoms. The second kappa shape index (κ2) is 7.18. The molecule has 152 valence electrons. The number of nitrogens with zero attached hydrogens (tertiary/aromatic N) is 3. The van der Waals surface area contributed by atoms with Gasteiger partial charge < -0.3 is 10.2 Å². The molecule has 4 rings (SSSR count). The van der Waals surface area contributed by atoms with Crippen molar-refractivity contribution in [3.63, 3.8) is 0 Å². The molecule has 0 aromatic heterocycles. The van der Waals surface area contributed by atoms with Crippen LogP contribution >= 0.6 is 0 Å². The second-order valence-electron chi connectivity index (χ2n) is 8.47. The Labute approximate surface area is 170 Å². The molecular weight excluding hydrogens is 368 g/mol. The maximum Gasteiger partial charge on any atom is 0.257 e. The molecule has 1 unspecified atom stereocenters. The Kier molecular flexibility index (Phi) is 4.81. The Morgan fingerprint density at radius 3 is 2.66 bits per heavy atom. The molecule has 1 saturated heterocycles. The third kappa shape index (κ3) is 3.17. The molecule has 1 saturated carbocycles. The van der Waals surface area contributed by atoms with Crippen LogP contribution in [0.3, 0.4) is 0 Å². The lowest BCUT2D eigenvalue weighted by Gasteiger charge is -2.48. The van der Waals surface area contributed by atoms with E-state index in [0.29, 0.717) is 49.9 Å². The van der Waals surface area contributed by atoms with E-state index in [2.05, 4.69) is 11.4 Å². The molecule has 2 aliphatic heterocycles. The molecule has 3 amide bonds. The highest BCUT2D eigenvalue weighted by molar-refractivity contribution is 6.10. The van der Waals surface area contributed by atoms with Crippen molar-refractivity contribution in [3.05, 3.63) is 29.8 Å². The van der Waals surface area contributed by atoms with Crippen LogP contribution in [0.1, 0.15) is 68.6 Å². The smallest absolute Gasteiger partial charge is 0.257 e. The van der Waals surface area contributed by atoms with Gasteiger partial charge in [0.25, 0.3) is 5.91 Å². The van der Waals surface area contributed by atoms with Crippen LogP contribution in [0.5, 0.6) is 0 Å². The van der Waals surface area contributed by atoms with E-state index in [-0.39, 0.29) is 24.1 Å². The normalized spacial score (nSPS) is 24.8. The lowest BCUT2D eigenvalue weighted by atomic mass is 9.97. The number of carbonyl (C=O) groups excluding carboxylic acids is 3. The summed E-state index contributed by atoms with van der Waals surface area (Å²) >= 11 is 0. The Morgan fingerprint density at radius 2 is 1.93 bits per heavy atom. The summed E-state index contributed by atoms with van der Waals surface area (Å²) in [5.74, 6) is -0.228. The van der Waals surface area contributed by atoms with E-state index in [1.807, 2.05) is 19.1 Å². The highest BCUT2D eigenvalue weighted by atomic mass is 16.2. The number of benzene rings is 1. The van der Waals surface area contributed by atoms with Crippen molar-refractivity contribution in [3.8, 4) is 6.07 Å². The lowest BCUT2D eigenvalue weighted by Crippen LogP contribution is -2.62. The molecule has 1 aromatic carbocycles. The van der Waals surface area contributed by atoms with Gasteiger partial charge in [0, 0.05) is 19.4 Å². The summed E-state index contributed by atoms with van der Waals surface area (Å²) in [4.78, 5) is 41.6. The molecule has 2 fully saturated rings. The van der Waals surface area contributed by atoms with Gasteiger partial charge in [0.15, 0.2) is 0 Å². The van der Waals surface area contributed by atoms with E-state index in [1.54, 1.807) is 21.9 Å². The first kappa shape index (κ1) is 19.4. The number of rotatable bonds is 5. The number of para-hydroxylation sites is 1. The van der Waals surface area contributed by atoms with E-state index in [1.165, 1.54) is 0 Å². The third-order valence-corrected chi connectivity index (χ3v) is 6.58. The fraction of sp³-hybridized carbons (Fsp3) is 0.545. The second-order valence-corrected chi connectivity index (χ2v) is 8.47. The standard InChI is InChI=1S/C22H26N4O3/c1-21-13-10-19(28)26(21)17-8-3-2-7-16(17)20(29)25(21)14-6-9-18(27)24-22(15-23)11-4-5-12-22/h2-3,7-8H,4-6,9-14H2,1H3,(H,24,27). The van der Waals surface area contributed by atoms with Crippen LogP contribution < -0.4 is 10.2 Å². The van der Waals surface area contributed by atoms with Crippen LogP contribution in [0.25, 0.3) is 0 Å². The Morgan fingerprint density at radius 1 is 1.21 bits per heavy atom. The summed E-state index contributed by atoms with van der Waals surface area (Å²) in [6.45, 7) is 2.31. The van der Waals surface area contributed by atoms with Crippen molar-refractivity contribution >= 4 is 23.4 Å². The van der Waals surface area contributed by atoms with Gasteiger partial charge in [-0.15, -0.1) is 0 Å². The fourth-order valence-electron chi connectivity index (χ4n) is 5.01. The number of nitrogens with one attached hydrogen (secondary N) is 1. The van der Waals surface area contributed by atoms with Gasteiger partial charge in [-0.2, -0.15) is 5.26 Å². The van der Waals surface area contributed by atoms with Gasteiger partial charge in [-0.3, -0.25) is 19.3 Å². The topological polar surface area (TPSA) is 93.5 Å². The number of hydrogen-bond donors (Lipinski definition) is 1. The summed E-state index contributed by atoms with van der Waals surface area (Å²) in [5, 5.41) is 12.3. The summed E-state index contributed by atoms with van der Waals surface area (Å²) in [5.41, 5.74) is -0.219. The maximum absolute atomic E-state index is 13.2. The SMILES string of the molecule is CC12CCC(=O)N1c1ccccc1C(=O)N2CCCC(=O)NC1(C#N)CCCC1. The van der Waals surface area contributed by atoms with E-state index in [4.69, 9.17) is 0 Å².